The second kappa shape index (κ2) is 6.96. The Kier molecular flexibility index (Phi) is 4.76. The number of nitrogens with zero attached hydrogens (tertiary/aromatic N) is 1. The summed E-state index contributed by atoms with van der Waals surface area (Å²) in [7, 11) is 0. The first-order valence-electron chi connectivity index (χ1n) is 7.87. The average Bonchev–Trinajstić information content (AvgIpc) is 3.00. The van der Waals surface area contributed by atoms with E-state index in [4.69, 9.17) is 0 Å². The van der Waals surface area contributed by atoms with Crippen LogP contribution in [0, 0.1) is 0 Å². The summed E-state index contributed by atoms with van der Waals surface area (Å²) in [4.78, 5) is 25.4. The fraction of sp³-hybridized carbons (Fsp3) is 0.333. The minimum atomic E-state index is -0.107. The van der Waals surface area contributed by atoms with Crippen LogP contribution < -0.4 is 10.2 Å². The lowest BCUT2D eigenvalue weighted by Crippen LogP contribution is -2.40. The quantitative estimate of drug-likeness (QED) is 0.849. The molecule has 4 nitrogen and oxygen atoms in total. The molecule has 23 heavy (non-hydrogen) atoms. The molecule has 1 fully saturated rings. The number of carbonyl (C=O) groups excluding carboxylic acids is 2. The fourth-order valence-electron chi connectivity index (χ4n) is 2.87. The topological polar surface area (TPSA) is 49.4 Å². The van der Waals surface area contributed by atoms with Crippen molar-refractivity contribution in [2.45, 2.75) is 38.6 Å². The molecular formula is C18H20N2O2S. The average molecular weight is 328 g/mol. The number of anilines is 2. The van der Waals surface area contributed by atoms with Crippen molar-refractivity contribution in [1.29, 1.82) is 0 Å². The summed E-state index contributed by atoms with van der Waals surface area (Å²) in [6, 6.07) is 9.94. The number of amides is 2. The lowest BCUT2D eigenvalue weighted by atomic mass is 10.1. The third-order valence-corrected chi connectivity index (χ3v) is 4.65. The highest BCUT2D eigenvalue weighted by molar-refractivity contribution is 7.07. The number of rotatable bonds is 5. The highest BCUT2D eigenvalue weighted by Crippen LogP contribution is 2.25. The molecule has 0 unspecified atom stereocenters. The zero-order valence-electron chi connectivity index (χ0n) is 13.1. The van der Waals surface area contributed by atoms with Gasteiger partial charge < -0.3 is 5.32 Å². The molecule has 0 bridgehead atoms. The summed E-state index contributed by atoms with van der Waals surface area (Å²) in [6.07, 6.45) is 2.48. The summed E-state index contributed by atoms with van der Waals surface area (Å²) in [5.41, 5.74) is 2.90. The van der Waals surface area contributed by atoms with Gasteiger partial charge in [-0.3, -0.25) is 14.5 Å². The number of benzene rings is 1. The number of hydrogen-bond acceptors (Lipinski definition) is 4. The highest BCUT2D eigenvalue weighted by Gasteiger charge is 2.27. The van der Waals surface area contributed by atoms with Crippen LogP contribution in [0.4, 0.5) is 11.4 Å². The van der Waals surface area contributed by atoms with Crippen LogP contribution in [-0.4, -0.2) is 17.9 Å². The maximum atomic E-state index is 12.0. The van der Waals surface area contributed by atoms with Crippen molar-refractivity contribution in [2.75, 3.05) is 10.2 Å². The molecule has 0 saturated carbocycles. The first-order chi connectivity index (χ1) is 11.1. The predicted octanol–water partition coefficient (Wildman–Crippen LogP) is 3.83. The van der Waals surface area contributed by atoms with Gasteiger partial charge in [0.25, 0.3) is 0 Å². The van der Waals surface area contributed by atoms with E-state index in [1.54, 1.807) is 11.3 Å². The van der Waals surface area contributed by atoms with E-state index in [0.29, 0.717) is 24.9 Å². The molecule has 1 aliphatic heterocycles. The molecule has 5 heteroatoms. The molecule has 1 aliphatic rings. The Morgan fingerprint density at radius 3 is 2.70 bits per heavy atom. The van der Waals surface area contributed by atoms with Gasteiger partial charge in [0, 0.05) is 24.6 Å². The lowest BCUT2D eigenvalue weighted by molar-refractivity contribution is -0.129. The minimum absolute atomic E-state index is 0.107. The molecule has 1 saturated heterocycles. The third-order valence-electron chi connectivity index (χ3n) is 3.92. The molecule has 0 aliphatic carbocycles. The van der Waals surface area contributed by atoms with E-state index in [9.17, 15) is 9.59 Å². The Balaban J connectivity index is 1.72. The van der Waals surface area contributed by atoms with E-state index >= 15 is 0 Å². The molecule has 0 spiro atoms. The van der Waals surface area contributed by atoms with Gasteiger partial charge in [-0.1, -0.05) is 6.07 Å². The zero-order valence-corrected chi connectivity index (χ0v) is 13.9. The molecule has 2 heterocycles. The number of hydrogen-bond donors (Lipinski definition) is 1. The van der Waals surface area contributed by atoms with Crippen LogP contribution in [0.5, 0.6) is 0 Å². The van der Waals surface area contributed by atoms with Gasteiger partial charge in [0.2, 0.25) is 11.8 Å². The summed E-state index contributed by atoms with van der Waals surface area (Å²) in [5, 5.41) is 7.68. The lowest BCUT2D eigenvalue weighted by Gasteiger charge is -2.25. The van der Waals surface area contributed by atoms with Crippen LogP contribution in [-0.2, 0) is 16.0 Å². The van der Waals surface area contributed by atoms with E-state index < -0.39 is 0 Å². The monoisotopic (exact) mass is 328 g/mol. The van der Waals surface area contributed by atoms with Crippen molar-refractivity contribution in [3.63, 3.8) is 0 Å². The second-order valence-electron chi connectivity index (χ2n) is 5.91. The number of piperidine rings is 1. The van der Waals surface area contributed by atoms with E-state index in [-0.39, 0.29) is 17.9 Å². The van der Waals surface area contributed by atoms with Crippen molar-refractivity contribution >= 4 is 34.5 Å². The smallest absolute Gasteiger partial charge is 0.233 e. The molecule has 120 valence electrons. The Labute approximate surface area is 140 Å². The fourth-order valence-corrected chi connectivity index (χ4v) is 3.56. The first kappa shape index (κ1) is 15.7. The van der Waals surface area contributed by atoms with Gasteiger partial charge in [0.15, 0.2) is 0 Å². The van der Waals surface area contributed by atoms with Crippen molar-refractivity contribution in [3.8, 4) is 0 Å². The minimum Gasteiger partial charge on any atom is -0.382 e. The van der Waals surface area contributed by atoms with Gasteiger partial charge >= 0.3 is 0 Å². The Morgan fingerprint density at radius 1 is 1.22 bits per heavy atom. The Bertz CT molecular complexity index is 681. The maximum Gasteiger partial charge on any atom is 0.233 e. The maximum absolute atomic E-state index is 12.0. The molecule has 1 aromatic heterocycles. The Morgan fingerprint density at radius 2 is 2.00 bits per heavy atom. The van der Waals surface area contributed by atoms with Gasteiger partial charge in [0.05, 0.1) is 5.69 Å². The van der Waals surface area contributed by atoms with Crippen LogP contribution in [0.1, 0.15) is 31.7 Å². The van der Waals surface area contributed by atoms with Gasteiger partial charge in [-0.2, -0.15) is 11.3 Å². The molecule has 1 N–H and O–H groups in total. The third kappa shape index (κ3) is 3.79. The van der Waals surface area contributed by atoms with Crippen molar-refractivity contribution in [3.05, 3.63) is 46.7 Å². The van der Waals surface area contributed by atoms with Crippen molar-refractivity contribution in [2.24, 2.45) is 0 Å². The summed E-state index contributed by atoms with van der Waals surface area (Å²) in [5.74, 6) is -0.213. The van der Waals surface area contributed by atoms with Crippen molar-refractivity contribution in [1.82, 2.24) is 0 Å². The van der Waals surface area contributed by atoms with Gasteiger partial charge in [-0.05, 0) is 60.4 Å². The van der Waals surface area contributed by atoms with Crippen LogP contribution in [0.25, 0.3) is 0 Å². The van der Waals surface area contributed by atoms with E-state index in [1.807, 2.05) is 24.3 Å². The van der Waals surface area contributed by atoms with Crippen LogP contribution in [0.15, 0.2) is 41.1 Å². The number of thiophene rings is 1. The summed E-state index contributed by atoms with van der Waals surface area (Å²) < 4.78 is 0. The molecule has 2 amide bonds. The molecule has 0 radical (unpaired) electrons. The second-order valence-corrected chi connectivity index (χ2v) is 6.69. The zero-order chi connectivity index (χ0) is 16.2. The van der Waals surface area contributed by atoms with Gasteiger partial charge in [0.1, 0.15) is 0 Å². The standard InChI is InChI=1S/C18H20N2O2S/c1-13(10-14-8-9-23-12-14)19-15-4-2-5-16(11-15)20-17(21)6-3-7-18(20)22/h2,4-5,8-9,11-13,19H,3,6-7,10H2,1H3/t13-/m0/s1. The SMILES string of the molecule is C[C@@H](Cc1ccsc1)Nc1cccc(N2C(=O)CCCC2=O)c1. The predicted molar refractivity (Wildman–Crippen MR) is 93.9 cm³/mol. The number of imide groups is 1. The molecule has 2 aromatic rings. The molecule has 3 rings (SSSR count). The van der Waals surface area contributed by atoms with E-state index in [0.717, 1.165) is 12.1 Å². The van der Waals surface area contributed by atoms with E-state index in [2.05, 4.69) is 29.1 Å². The normalized spacial score (nSPS) is 16.5. The highest BCUT2D eigenvalue weighted by atomic mass is 32.1. The van der Waals surface area contributed by atoms with Crippen LogP contribution in [0.3, 0.4) is 0 Å². The first-order valence-corrected chi connectivity index (χ1v) is 8.81. The van der Waals surface area contributed by atoms with E-state index in [1.165, 1.54) is 10.5 Å². The van der Waals surface area contributed by atoms with Crippen LogP contribution >= 0.6 is 11.3 Å². The van der Waals surface area contributed by atoms with Gasteiger partial charge in [-0.15, -0.1) is 0 Å². The number of carbonyl (C=O) groups is 2. The molecule has 1 aromatic carbocycles. The molecular weight excluding hydrogens is 308 g/mol. The largest absolute Gasteiger partial charge is 0.382 e. The summed E-state index contributed by atoms with van der Waals surface area (Å²) >= 11 is 1.70. The Hall–Kier alpha value is -2.14. The number of nitrogens with one attached hydrogen (secondary N) is 1. The van der Waals surface area contributed by atoms with Crippen molar-refractivity contribution < 1.29 is 9.59 Å². The molecule has 1 atom stereocenters. The van der Waals surface area contributed by atoms with Gasteiger partial charge in [-0.25, -0.2) is 0 Å². The summed E-state index contributed by atoms with van der Waals surface area (Å²) in [6.45, 7) is 2.13. The van der Waals surface area contributed by atoms with Crippen LogP contribution in [0.2, 0.25) is 0 Å².